The third kappa shape index (κ3) is 2.56. The largest absolute Gasteiger partial charge is 0.328 e. The van der Waals surface area contributed by atoms with Gasteiger partial charge in [-0.15, -0.1) is 0 Å². The first-order chi connectivity index (χ1) is 9.38. The highest BCUT2D eigenvalue weighted by molar-refractivity contribution is 5.55. The molecule has 0 saturated heterocycles. The molecule has 1 aromatic carbocycles. The van der Waals surface area contributed by atoms with Crippen molar-refractivity contribution in [2.45, 2.75) is 38.3 Å². The first-order valence-electron chi connectivity index (χ1n) is 7.20. The zero-order valence-corrected chi connectivity index (χ0v) is 11.4. The molecular formula is C16H21N3. The van der Waals surface area contributed by atoms with Crippen LogP contribution in [0.15, 0.2) is 42.7 Å². The average Bonchev–Trinajstić information content (AvgIpc) is 3.08. The Bertz CT molecular complexity index is 518. The lowest BCUT2D eigenvalue weighted by Gasteiger charge is -2.16. The molecule has 1 aromatic heterocycles. The van der Waals surface area contributed by atoms with Crippen LogP contribution >= 0.6 is 0 Å². The number of nitrogens with one attached hydrogen (secondary N) is 1. The van der Waals surface area contributed by atoms with E-state index in [9.17, 15) is 0 Å². The molecule has 2 atom stereocenters. The van der Waals surface area contributed by atoms with Crippen molar-refractivity contribution in [3.05, 3.63) is 42.7 Å². The lowest BCUT2D eigenvalue weighted by atomic mass is 10.2. The molecule has 0 radical (unpaired) electrons. The molecule has 100 valence electrons. The fraction of sp³-hybridized carbons (Fsp3) is 0.438. The van der Waals surface area contributed by atoms with Gasteiger partial charge in [0.2, 0.25) is 0 Å². The molecule has 1 N–H and O–H groups in total. The van der Waals surface area contributed by atoms with Crippen molar-refractivity contribution in [3.63, 3.8) is 0 Å². The van der Waals surface area contributed by atoms with Crippen molar-refractivity contribution in [1.29, 1.82) is 0 Å². The minimum absolute atomic E-state index is 0.585. The summed E-state index contributed by atoms with van der Waals surface area (Å²) in [5.41, 5.74) is 1.21. The van der Waals surface area contributed by atoms with Crippen LogP contribution in [-0.4, -0.2) is 22.1 Å². The van der Waals surface area contributed by atoms with Gasteiger partial charge < -0.3 is 9.88 Å². The summed E-state index contributed by atoms with van der Waals surface area (Å²) in [5, 5.41) is 3.56. The number of hydrogen-bond donors (Lipinski definition) is 1. The molecule has 1 aliphatic rings. The number of hydrogen-bond acceptors (Lipinski definition) is 2. The van der Waals surface area contributed by atoms with E-state index in [4.69, 9.17) is 0 Å². The second-order valence-corrected chi connectivity index (χ2v) is 5.25. The van der Waals surface area contributed by atoms with Crippen molar-refractivity contribution < 1.29 is 0 Å². The van der Waals surface area contributed by atoms with Crippen molar-refractivity contribution in [2.75, 3.05) is 6.54 Å². The normalized spacial score (nSPS) is 22.8. The molecule has 3 nitrogen and oxygen atoms in total. The number of rotatable bonds is 4. The molecule has 0 spiro atoms. The van der Waals surface area contributed by atoms with Gasteiger partial charge in [-0.25, -0.2) is 4.98 Å². The summed E-state index contributed by atoms with van der Waals surface area (Å²) in [6, 6.07) is 11.7. The first kappa shape index (κ1) is 12.4. The number of benzene rings is 1. The molecule has 1 aliphatic carbocycles. The second-order valence-electron chi connectivity index (χ2n) is 5.25. The van der Waals surface area contributed by atoms with Crippen LogP contribution in [0, 0.1) is 0 Å². The van der Waals surface area contributed by atoms with Crippen LogP contribution in [0.2, 0.25) is 0 Å². The second kappa shape index (κ2) is 5.57. The van der Waals surface area contributed by atoms with Gasteiger partial charge >= 0.3 is 0 Å². The third-order valence-electron chi connectivity index (χ3n) is 3.99. The molecule has 0 bridgehead atoms. The van der Waals surface area contributed by atoms with E-state index in [1.54, 1.807) is 0 Å². The van der Waals surface area contributed by atoms with Crippen LogP contribution in [0.1, 0.15) is 32.2 Å². The van der Waals surface area contributed by atoms with E-state index in [1.165, 1.54) is 24.8 Å². The Morgan fingerprint density at radius 2 is 2.11 bits per heavy atom. The van der Waals surface area contributed by atoms with Crippen LogP contribution in [0.4, 0.5) is 0 Å². The van der Waals surface area contributed by atoms with Gasteiger partial charge in [-0.05, 0) is 25.8 Å². The van der Waals surface area contributed by atoms with Crippen LogP contribution < -0.4 is 5.32 Å². The molecule has 3 rings (SSSR count). The van der Waals surface area contributed by atoms with E-state index >= 15 is 0 Å². The molecule has 0 amide bonds. The van der Waals surface area contributed by atoms with Gasteiger partial charge in [0, 0.05) is 30.0 Å². The van der Waals surface area contributed by atoms with E-state index < -0.39 is 0 Å². The minimum atomic E-state index is 0.585. The Hall–Kier alpha value is -1.61. The van der Waals surface area contributed by atoms with Crippen molar-refractivity contribution in [2.24, 2.45) is 0 Å². The topological polar surface area (TPSA) is 29.9 Å². The fourth-order valence-electron chi connectivity index (χ4n) is 3.10. The Morgan fingerprint density at radius 3 is 2.89 bits per heavy atom. The van der Waals surface area contributed by atoms with Crippen LogP contribution in [-0.2, 0) is 0 Å². The van der Waals surface area contributed by atoms with E-state index in [0.717, 1.165) is 12.4 Å². The van der Waals surface area contributed by atoms with Crippen molar-refractivity contribution >= 4 is 0 Å². The molecule has 2 unspecified atom stereocenters. The Balaban J connectivity index is 1.82. The quantitative estimate of drug-likeness (QED) is 0.909. The molecular weight excluding hydrogens is 234 g/mol. The molecule has 2 aromatic rings. The molecule has 0 aliphatic heterocycles. The summed E-state index contributed by atoms with van der Waals surface area (Å²) in [6.07, 6.45) is 7.77. The number of nitrogens with zero attached hydrogens (tertiary/aromatic N) is 2. The predicted molar refractivity (Wildman–Crippen MR) is 78.0 cm³/mol. The highest BCUT2D eigenvalue weighted by atomic mass is 15.1. The van der Waals surface area contributed by atoms with Gasteiger partial charge in [-0.2, -0.15) is 0 Å². The summed E-state index contributed by atoms with van der Waals surface area (Å²) in [5.74, 6) is 1.10. The Kier molecular flexibility index (Phi) is 3.65. The first-order valence-corrected chi connectivity index (χ1v) is 7.20. The fourth-order valence-corrected chi connectivity index (χ4v) is 3.10. The maximum Gasteiger partial charge on any atom is 0.140 e. The van der Waals surface area contributed by atoms with Crippen LogP contribution in [0.25, 0.3) is 11.4 Å². The Morgan fingerprint density at radius 1 is 1.26 bits per heavy atom. The molecule has 19 heavy (non-hydrogen) atoms. The van der Waals surface area contributed by atoms with Crippen molar-refractivity contribution in [3.8, 4) is 11.4 Å². The third-order valence-corrected chi connectivity index (χ3v) is 3.99. The summed E-state index contributed by atoms with van der Waals surface area (Å²) in [6.45, 7) is 3.24. The van der Waals surface area contributed by atoms with E-state index in [-0.39, 0.29) is 0 Å². The lowest BCUT2D eigenvalue weighted by molar-refractivity contribution is 0.484. The van der Waals surface area contributed by atoms with Crippen molar-refractivity contribution in [1.82, 2.24) is 14.9 Å². The molecule has 1 heterocycles. The van der Waals surface area contributed by atoms with Gasteiger partial charge in [0.05, 0.1) is 0 Å². The molecule has 1 fully saturated rings. The Labute approximate surface area is 114 Å². The zero-order chi connectivity index (χ0) is 13.1. The summed E-state index contributed by atoms with van der Waals surface area (Å²) >= 11 is 0. The van der Waals surface area contributed by atoms with E-state index in [1.807, 2.05) is 12.3 Å². The maximum absolute atomic E-state index is 4.54. The summed E-state index contributed by atoms with van der Waals surface area (Å²) in [4.78, 5) is 4.54. The summed E-state index contributed by atoms with van der Waals surface area (Å²) < 4.78 is 2.35. The predicted octanol–water partition coefficient (Wildman–Crippen LogP) is 3.25. The molecule has 3 heteroatoms. The summed E-state index contributed by atoms with van der Waals surface area (Å²) in [7, 11) is 0. The van der Waals surface area contributed by atoms with Gasteiger partial charge in [0.25, 0.3) is 0 Å². The van der Waals surface area contributed by atoms with Gasteiger partial charge in [-0.3, -0.25) is 0 Å². The highest BCUT2D eigenvalue weighted by Gasteiger charge is 2.26. The monoisotopic (exact) mass is 255 g/mol. The number of imidazole rings is 1. The average molecular weight is 255 g/mol. The van der Waals surface area contributed by atoms with Crippen LogP contribution in [0.5, 0.6) is 0 Å². The number of aromatic nitrogens is 2. The van der Waals surface area contributed by atoms with Crippen LogP contribution in [0.3, 0.4) is 0 Å². The van der Waals surface area contributed by atoms with E-state index in [0.29, 0.717) is 12.1 Å². The van der Waals surface area contributed by atoms with Gasteiger partial charge in [0.15, 0.2) is 0 Å². The lowest BCUT2D eigenvalue weighted by Crippen LogP contribution is -2.26. The SMILES string of the molecule is CCNC1CCC(n2ccnc2-c2ccccc2)C1. The zero-order valence-electron chi connectivity index (χ0n) is 11.4. The smallest absolute Gasteiger partial charge is 0.140 e. The van der Waals surface area contributed by atoms with Gasteiger partial charge in [-0.1, -0.05) is 37.3 Å². The standard InChI is InChI=1S/C16H21N3/c1-2-17-14-8-9-15(12-14)19-11-10-18-16(19)13-6-4-3-5-7-13/h3-7,10-11,14-15,17H,2,8-9,12H2,1H3. The highest BCUT2D eigenvalue weighted by Crippen LogP contribution is 2.33. The minimum Gasteiger partial charge on any atom is -0.328 e. The maximum atomic E-state index is 4.54. The van der Waals surface area contributed by atoms with Gasteiger partial charge in [0.1, 0.15) is 5.82 Å². The molecule has 1 saturated carbocycles. The van der Waals surface area contributed by atoms with E-state index in [2.05, 4.69) is 52.3 Å².